The molecule has 0 aliphatic rings. The molecule has 0 bridgehead atoms. The molecule has 0 radical (unpaired) electrons. The Bertz CT molecular complexity index is 633. The van der Waals surface area contributed by atoms with E-state index in [9.17, 15) is 4.79 Å². The highest BCUT2D eigenvalue weighted by Crippen LogP contribution is 2.25. The van der Waals surface area contributed by atoms with E-state index in [4.69, 9.17) is 0 Å². The molecule has 0 aliphatic carbocycles. The lowest BCUT2D eigenvalue weighted by Crippen LogP contribution is -2.27. The molecule has 1 heterocycles. The van der Waals surface area contributed by atoms with Gasteiger partial charge in [-0.05, 0) is 40.2 Å². The summed E-state index contributed by atoms with van der Waals surface area (Å²) < 4.78 is 0.982. The van der Waals surface area contributed by atoms with Gasteiger partial charge < -0.3 is 10.6 Å². The lowest BCUT2D eigenvalue weighted by atomic mass is 9.96. The maximum atomic E-state index is 11.9. The second-order valence-electron chi connectivity index (χ2n) is 5.74. The minimum Gasteiger partial charge on any atom is -0.353 e. The van der Waals surface area contributed by atoms with E-state index in [-0.39, 0.29) is 5.91 Å². The highest BCUT2D eigenvalue weighted by atomic mass is 79.9. The Morgan fingerprint density at radius 3 is 2.43 bits per heavy atom. The van der Waals surface area contributed by atoms with Crippen LogP contribution in [0.2, 0.25) is 0 Å². The first-order valence-electron chi connectivity index (χ1n) is 6.65. The molecule has 0 saturated heterocycles. The van der Waals surface area contributed by atoms with Gasteiger partial charge in [0.2, 0.25) is 5.91 Å². The number of aromatic nitrogens is 1. The molecular formula is C16H18BrN3O. The third-order valence-corrected chi connectivity index (χ3v) is 3.53. The zero-order valence-corrected chi connectivity index (χ0v) is 13.9. The van der Waals surface area contributed by atoms with E-state index in [0.717, 1.165) is 15.8 Å². The Morgan fingerprint density at radius 2 is 1.86 bits per heavy atom. The van der Waals surface area contributed by atoms with E-state index < -0.39 is 5.41 Å². The van der Waals surface area contributed by atoms with Crippen molar-refractivity contribution in [2.24, 2.45) is 5.41 Å². The molecule has 2 N–H and O–H groups in total. The summed E-state index contributed by atoms with van der Waals surface area (Å²) in [4.78, 5) is 16.1. The third kappa shape index (κ3) is 4.29. The SMILES string of the molecule is CC(C)(C)C(=O)Nc1ccc(Nc2ccccc2Br)cn1. The van der Waals surface area contributed by atoms with Crippen LogP contribution < -0.4 is 10.6 Å². The fourth-order valence-corrected chi connectivity index (χ4v) is 1.95. The van der Waals surface area contributed by atoms with Gasteiger partial charge in [0.15, 0.2) is 0 Å². The number of amides is 1. The number of carbonyl (C=O) groups excluding carboxylic acids is 1. The minimum absolute atomic E-state index is 0.0542. The van der Waals surface area contributed by atoms with Crippen LogP contribution in [0.4, 0.5) is 17.2 Å². The first kappa shape index (κ1) is 15.5. The van der Waals surface area contributed by atoms with Gasteiger partial charge in [-0.3, -0.25) is 4.79 Å². The molecule has 1 amide bonds. The fourth-order valence-electron chi connectivity index (χ4n) is 1.56. The van der Waals surface area contributed by atoms with Crippen LogP contribution in [0.25, 0.3) is 0 Å². The van der Waals surface area contributed by atoms with Gasteiger partial charge in [-0.1, -0.05) is 32.9 Å². The van der Waals surface area contributed by atoms with Crippen LogP contribution in [-0.2, 0) is 4.79 Å². The maximum absolute atomic E-state index is 11.9. The number of para-hydroxylation sites is 1. The summed E-state index contributed by atoms with van der Waals surface area (Å²) in [6.45, 7) is 5.60. The van der Waals surface area contributed by atoms with Crippen LogP contribution in [0.5, 0.6) is 0 Å². The largest absolute Gasteiger partial charge is 0.353 e. The van der Waals surface area contributed by atoms with Gasteiger partial charge in [0, 0.05) is 9.89 Å². The Balaban J connectivity index is 2.06. The highest BCUT2D eigenvalue weighted by molar-refractivity contribution is 9.10. The number of halogens is 1. The molecule has 0 fully saturated rings. The van der Waals surface area contributed by atoms with Crippen LogP contribution in [-0.4, -0.2) is 10.9 Å². The molecule has 2 aromatic rings. The van der Waals surface area contributed by atoms with Crippen LogP contribution in [0.3, 0.4) is 0 Å². The van der Waals surface area contributed by atoms with Crippen molar-refractivity contribution in [3.63, 3.8) is 0 Å². The van der Waals surface area contributed by atoms with E-state index in [1.165, 1.54) is 0 Å². The van der Waals surface area contributed by atoms with Gasteiger partial charge in [0.1, 0.15) is 5.82 Å². The number of nitrogens with one attached hydrogen (secondary N) is 2. The quantitative estimate of drug-likeness (QED) is 0.854. The van der Waals surface area contributed by atoms with Crippen molar-refractivity contribution in [1.29, 1.82) is 0 Å². The molecule has 0 aliphatic heterocycles. The Kier molecular flexibility index (Phi) is 4.63. The number of pyridine rings is 1. The highest BCUT2D eigenvalue weighted by Gasteiger charge is 2.21. The molecule has 0 atom stereocenters. The van der Waals surface area contributed by atoms with Crippen molar-refractivity contribution in [2.75, 3.05) is 10.6 Å². The van der Waals surface area contributed by atoms with Gasteiger partial charge in [-0.25, -0.2) is 4.98 Å². The number of benzene rings is 1. The number of hydrogen-bond acceptors (Lipinski definition) is 3. The molecule has 2 rings (SSSR count). The molecule has 0 saturated carbocycles. The monoisotopic (exact) mass is 347 g/mol. The predicted octanol–water partition coefficient (Wildman–Crippen LogP) is 4.57. The average Bonchev–Trinajstić information content (AvgIpc) is 2.42. The summed E-state index contributed by atoms with van der Waals surface area (Å²) in [5.74, 6) is 0.495. The van der Waals surface area contributed by atoms with Crippen LogP contribution in [0, 0.1) is 5.41 Å². The summed E-state index contributed by atoms with van der Waals surface area (Å²) in [6.07, 6.45) is 1.69. The molecule has 4 nitrogen and oxygen atoms in total. The minimum atomic E-state index is -0.437. The maximum Gasteiger partial charge on any atom is 0.230 e. The van der Waals surface area contributed by atoms with Crippen LogP contribution in [0.15, 0.2) is 47.1 Å². The van der Waals surface area contributed by atoms with Crippen molar-refractivity contribution in [3.8, 4) is 0 Å². The Labute approximate surface area is 133 Å². The Morgan fingerprint density at radius 1 is 1.14 bits per heavy atom. The topological polar surface area (TPSA) is 54.0 Å². The van der Waals surface area contributed by atoms with Gasteiger partial charge in [0.25, 0.3) is 0 Å². The summed E-state index contributed by atoms with van der Waals surface area (Å²) in [5.41, 5.74) is 1.38. The lowest BCUT2D eigenvalue weighted by Gasteiger charge is -2.17. The average molecular weight is 348 g/mol. The molecule has 110 valence electrons. The summed E-state index contributed by atoms with van der Waals surface area (Å²) in [7, 11) is 0. The predicted molar refractivity (Wildman–Crippen MR) is 89.7 cm³/mol. The third-order valence-electron chi connectivity index (χ3n) is 2.84. The molecule has 0 spiro atoms. The van der Waals surface area contributed by atoms with E-state index in [0.29, 0.717) is 5.82 Å². The first-order chi connectivity index (χ1) is 9.86. The number of hydrogen-bond donors (Lipinski definition) is 2. The molecule has 0 unspecified atom stereocenters. The smallest absolute Gasteiger partial charge is 0.230 e. The summed E-state index contributed by atoms with van der Waals surface area (Å²) in [6, 6.07) is 11.5. The molecule has 21 heavy (non-hydrogen) atoms. The van der Waals surface area contributed by atoms with Crippen molar-refractivity contribution in [1.82, 2.24) is 4.98 Å². The van der Waals surface area contributed by atoms with E-state index in [2.05, 4.69) is 31.5 Å². The normalized spacial score (nSPS) is 11.0. The van der Waals surface area contributed by atoms with Gasteiger partial charge in [-0.15, -0.1) is 0 Å². The van der Waals surface area contributed by atoms with E-state index in [1.54, 1.807) is 12.3 Å². The van der Waals surface area contributed by atoms with Crippen LogP contribution >= 0.6 is 15.9 Å². The first-order valence-corrected chi connectivity index (χ1v) is 7.44. The Hall–Kier alpha value is -1.88. The lowest BCUT2D eigenvalue weighted by molar-refractivity contribution is -0.123. The zero-order valence-electron chi connectivity index (χ0n) is 12.3. The van der Waals surface area contributed by atoms with Gasteiger partial charge >= 0.3 is 0 Å². The van der Waals surface area contributed by atoms with Gasteiger partial charge in [0.05, 0.1) is 17.6 Å². The summed E-state index contributed by atoms with van der Waals surface area (Å²) >= 11 is 3.48. The standard InChI is InChI=1S/C16H18BrN3O/c1-16(2,3)15(21)20-14-9-8-11(10-18-14)19-13-7-5-4-6-12(13)17/h4-10,19H,1-3H3,(H,18,20,21). The van der Waals surface area contributed by atoms with E-state index >= 15 is 0 Å². The zero-order chi connectivity index (χ0) is 15.5. The summed E-state index contributed by atoms with van der Waals surface area (Å²) in [5, 5.41) is 6.06. The molecule has 5 heteroatoms. The van der Waals surface area contributed by atoms with E-state index in [1.807, 2.05) is 51.1 Å². The van der Waals surface area contributed by atoms with Crippen molar-refractivity contribution < 1.29 is 4.79 Å². The van der Waals surface area contributed by atoms with Crippen molar-refractivity contribution in [2.45, 2.75) is 20.8 Å². The molecular weight excluding hydrogens is 330 g/mol. The number of anilines is 3. The molecule has 1 aromatic carbocycles. The molecule has 1 aromatic heterocycles. The fraction of sp³-hybridized carbons (Fsp3) is 0.250. The second-order valence-corrected chi connectivity index (χ2v) is 6.60. The number of carbonyl (C=O) groups is 1. The van der Waals surface area contributed by atoms with Crippen molar-refractivity contribution >= 4 is 39.0 Å². The second kappa shape index (κ2) is 6.26. The van der Waals surface area contributed by atoms with Gasteiger partial charge in [-0.2, -0.15) is 0 Å². The van der Waals surface area contributed by atoms with Crippen molar-refractivity contribution in [3.05, 3.63) is 47.1 Å². The van der Waals surface area contributed by atoms with Crippen LogP contribution in [0.1, 0.15) is 20.8 Å². The number of nitrogens with zero attached hydrogens (tertiary/aromatic N) is 1. The number of rotatable bonds is 3.